The van der Waals surface area contributed by atoms with Gasteiger partial charge in [0.25, 0.3) is 5.91 Å². The van der Waals surface area contributed by atoms with Crippen LogP contribution in [0.15, 0.2) is 101 Å². The monoisotopic (exact) mass is 641 g/mol. The van der Waals surface area contributed by atoms with E-state index in [2.05, 4.69) is 15.3 Å². The number of methoxy groups -OCH3 is 1. The van der Waals surface area contributed by atoms with E-state index in [4.69, 9.17) is 24.3 Å². The molecule has 0 spiro atoms. The summed E-state index contributed by atoms with van der Waals surface area (Å²) in [6, 6.07) is 24.2. The maximum atomic E-state index is 14.5. The van der Waals surface area contributed by atoms with Gasteiger partial charge in [-0.3, -0.25) is 4.79 Å². The summed E-state index contributed by atoms with van der Waals surface area (Å²) in [5, 5.41) is 15.8. The van der Waals surface area contributed by atoms with Crippen molar-refractivity contribution >= 4 is 17.5 Å². The molecule has 4 aromatic rings. The molecular formula is C35H33F2N5O5. The molecule has 1 amide bonds. The predicted molar refractivity (Wildman–Crippen MR) is 172 cm³/mol. The van der Waals surface area contributed by atoms with E-state index >= 15 is 0 Å². The number of carbonyl (C=O) groups is 1. The minimum atomic E-state index is -1.62. The summed E-state index contributed by atoms with van der Waals surface area (Å²) in [4.78, 5) is 22.4. The third kappa shape index (κ3) is 7.86. The number of hydrogen-bond donors (Lipinski definition) is 2. The van der Waals surface area contributed by atoms with Crippen molar-refractivity contribution in [1.82, 2.24) is 5.32 Å². The number of aliphatic hydroxyl groups excluding tert-OH is 1. The highest BCUT2D eigenvalue weighted by Gasteiger charge is 2.53. The Hall–Kier alpha value is -5.45. The summed E-state index contributed by atoms with van der Waals surface area (Å²) < 4.78 is 45.4. The smallest absolute Gasteiger partial charge is 0.252 e. The van der Waals surface area contributed by atoms with E-state index in [1.807, 2.05) is 0 Å². The van der Waals surface area contributed by atoms with Crippen LogP contribution in [0.25, 0.3) is 10.4 Å². The standard InChI is InChI=1S/C35H33F2N5O5/c1-45-30-8-4-7-25(20-30)32-35(22-26-6-2-3-9-31(26)41-42-38,34(44)39-15-14-23-18-27(36)21-28(37)19-23)40-33(47-32)24-10-12-29(13-11-24)46-17-5-16-43/h2-4,6-13,18-21,32,43H,5,14-17,22H2,1H3,(H,39,44)/t32-,35-/m1/s1. The summed E-state index contributed by atoms with van der Waals surface area (Å²) in [5.41, 5.74) is 10.1. The van der Waals surface area contributed by atoms with Crippen molar-refractivity contribution in [2.75, 3.05) is 26.9 Å². The van der Waals surface area contributed by atoms with Crippen molar-refractivity contribution < 1.29 is 32.9 Å². The number of nitrogens with zero attached hydrogens (tertiary/aromatic N) is 4. The van der Waals surface area contributed by atoms with E-state index in [0.29, 0.717) is 52.5 Å². The van der Waals surface area contributed by atoms with Gasteiger partial charge in [0.05, 0.1) is 13.7 Å². The fourth-order valence-corrected chi connectivity index (χ4v) is 5.41. The number of aliphatic hydroxyl groups is 1. The molecule has 12 heteroatoms. The van der Waals surface area contributed by atoms with E-state index in [0.717, 1.165) is 6.07 Å². The maximum absolute atomic E-state index is 14.5. The van der Waals surface area contributed by atoms with Gasteiger partial charge in [-0.2, -0.15) is 0 Å². The molecule has 4 aromatic carbocycles. The van der Waals surface area contributed by atoms with Crippen LogP contribution in [-0.4, -0.2) is 49.3 Å². The number of halogens is 2. The molecule has 0 fully saturated rings. The zero-order chi connectivity index (χ0) is 33.2. The molecule has 1 aliphatic heterocycles. The number of hydrogen-bond acceptors (Lipinski definition) is 7. The Morgan fingerprint density at radius 2 is 1.81 bits per heavy atom. The number of amides is 1. The van der Waals surface area contributed by atoms with Crippen molar-refractivity contribution in [3.63, 3.8) is 0 Å². The molecule has 242 valence electrons. The summed E-state index contributed by atoms with van der Waals surface area (Å²) in [6.45, 7) is 0.416. The molecule has 0 saturated carbocycles. The lowest BCUT2D eigenvalue weighted by Crippen LogP contribution is -2.50. The van der Waals surface area contributed by atoms with Crippen LogP contribution in [0.1, 0.15) is 34.8 Å². The quantitative estimate of drug-likeness (QED) is 0.0698. The first-order chi connectivity index (χ1) is 22.8. The van der Waals surface area contributed by atoms with Gasteiger partial charge in [0, 0.05) is 48.2 Å². The lowest BCUT2D eigenvalue weighted by molar-refractivity contribution is -0.128. The van der Waals surface area contributed by atoms with Crippen molar-refractivity contribution in [2.24, 2.45) is 10.1 Å². The van der Waals surface area contributed by atoms with Gasteiger partial charge in [-0.25, -0.2) is 13.8 Å². The lowest BCUT2D eigenvalue weighted by Gasteiger charge is -2.31. The second kappa shape index (κ2) is 15.2. The van der Waals surface area contributed by atoms with Gasteiger partial charge in [0.2, 0.25) is 5.90 Å². The number of benzene rings is 4. The SMILES string of the molecule is COc1cccc([C@H]2OC(c3ccc(OCCCO)cc3)=N[C@@]2(Cc2ccccc2N=[N+]=[N-])C(=O)NCCc2cc(F)cc(F)c2)c1. The highest BCUT2D eigenvalue weighted by Crippen LogP contribution is 2.44. The molecule has 2 atom stereocenters. The Labute approximate surface area is 270 Å². The molecule has 0 bridgehead atoms. The number of ether oxygens (including phenoxy) is 3. The number of rotatable bonds is 14. The first-order valence-electron chi connectivity index (χ1n) is 15.0. The number of aliphatic imine (C=N–C) groups is 1. The van der Waals surface area contributed by atoms with Crippen LogP contribution in [0.4, 0.5) is 14.5 Å². The molecule has 0 saturated heterocycles. The van der Waals surface area contributed by atoms with Gasteiger partial charge in [-0.1, -0.05) is 41.5 Å². The molecule has 0 aromatic heterocycles. The van der Waals surface area contributed by atoms with Gasteiger partial charge in [-0.15, -0.1) is 0 Å². The van der Waals surface area contributed by atoms with Gasteiger partial charge >= 0.3 is 0 Å². The minimum Gasteiger partial charge on any atom is -0.497 e. The first-order valence-corrected chi connectivity index (χ1v) is 15.0. The Morgan fingerprint density at radius 3 is 2.53 bits per heavy atom. The zero-order valence-electron chi connectivity index (χ0n) is 25.6. The van der Waals surface area contributed by atoms with Crippen molar-refractivity contribution in [2.45, 2.75) is 30.9 Å². The highest BCUT2D eigenvalue weighted by molar-refractivity contribution is 6.01. The van der Waals surface area contributed by atoms with Crippen LogP contribution in [0.3, 0.4) is 0 Å². The predicted octanol–water partition coefficient (Wildman–Crippen LogP) is 6.53. The van der Waals surface area contributed by atoms with Crippen molar-refractivity contribution in [3.05, 3.63) is 135 Å². The van der Waals surface area contributed by atoms with Gasteiger partial charge in [0.15, 0.2) is 11.6 Å². The molecule has 1 aliphatic rings. The third-order valence-electron chi connectivity index (χ3n) is 7.65. The topological polar surface area (TPSA) is 138 Å². The maximum Gasteiger partial charge on any atom is 0.252 e. The minimum absolute atomic E-state index is 0.0144. The molecule has 5 rings (SSSR count). The average Bonchev–Trinajstić information content (AvgIpc) is 3.46. The summed E-state index contributed by atoms with van der Waals surface area (Å²) >= 11 is 0. The largest absolute Gasteiger partial charge is 0.497 e. The van der Waals surface area contributed by atoms with Crippen LogP contribution in [0.5, 0.6) is 11.5 Å². The van der Waals surface area contributed by atoms with E-state index in [9.17, 15) is 19.1 Å². The second-order valence-electron chi connectivity index (χ2n) is 10.8. The summed E-state index contributed by atoms with van der Waals surface area (Å²) in [7, 11) is 1.53. The van der Waals surface area contributed by atoms with Crippen LogP contribution in [0, 0.1) is 11.6 Å². The van der Waals surface area contributed by atoms with Crippen LogP contribution < -0.4 is 14.8 Å². The fraction of sp³-hybridized carbons (Fsp3) is 0.257. The molecule has 2 N–H and O–H groups in total. The van der Waals surface area contributed by atoms with Crippen LogP contribution in [-0.2, 0) is 22.4 Å². The number of nitrogens with one attached hydrogen (secondary N) is 1. The van der Waals surface area contributed by atoms with Crippen LogP contribution in [0.2, 0.25) is 0 Å². The van der Waals surface area contributed by atoms with Gasteiger partial charge in [-0.05, 0) is 77.2 Å². The Morgan fingerprint density at radius 1 is 1.04 bits per heavy atom. The summed E-state index contributed by atoms with van der Waals surface area (Å²) in [5.74, 6) is -0.593. The molecule has 0 radical (unpaired) electrons. The normalized spacial score (nSPS) is 16.9. The summed E-state index contributed by atoms with van der Waals surface area (Å²) in [6.07, 6.45) is -0.330. The second-order valence-corrected chi connectivity index (χ2v) is 10.8. The van der Waals surface area contributed by atoms with E-state index in [1.54, 1.807) is 72.8 Å². The third-order valence-corrected chi connectivity index (χ3v) is 7.65. The Kier molecular flexibility index (Phi) is 10.7. The molecule has 10 nitrogen and oxygen atoms in total. The van der Waals surface area contributed by atoms with E-state index < -0.39 is 29.2 Å². The molecule has 0 aliphatic carbocycles. The fourth-order valence-electron chi connectivity index (χ4n) is 5.41. The molecule has 47 heavy (non-hydrogen) atoms. The van der Waals surface area contributed by atoms with Crippen LogP contribution >= 0.6 is 0 Å². The molecule has 0 unspecified atom stereocenters. The number of azide groups is 1. The zero-order valence-corrected chi connectivity index (χ0v) is 25.6. The van der Waals surface area contributed by atoms with Crippen molar-refractivity contribution in [1.29, 1.82) is 0 Å². The average molecular weight is 642 g/mol. The van der Waals surface area contributed by atoms with E-state index in [-0.39, 0.29) is 31.9 Å². The van der Waals surface area contributed by atoms with Gasteiger partial charge < -0.3 is 24.6 Å². The first kappa shape index (κ1) is 32.9. The Bertz CT molecular complexity index is 1780. The molecular weight excluding hydrogens is 608 g/mol. The van der Waals surface area contributed by atoms with Crippen molar-refractivity contribution in [3.8, 4) is 11.5 Å². The lowest BCUT2D eigenvalue weighted by atomic mass is 9.81. The van der Waals surface area contributed by atoms with E-state index in [1.165, 1.54) is 19.2 Å². The highest BCUT2D eigenvalue weighted by atomic mass is 19.1. The Balaban J connectivity index is 1.57. The van der Waals surface area contributed by atoms with Gasteiger partial charge in [0.1, 0.15) is 23.1 Å². The molecule has 1 heterocycles. The number of carbonyl (C=O) groups excluding carboxylic acids is 1.